The molecule has 0 bridgehead atoms. The highest BCUT2D eigenvalue weighted by molar-refractivity contribution is 7.89. The molecule has 0 heterocycles. The van der Waals surface area contributed by atoms with Gasteiger partial charge in [0.15, 0.2) is 0 Å². The molecule has 7 heteroatoms. The quantitative estimate of drug-likeness (QED) is 0.560. The Hall–Kier alpha value is -2.05. The van der Waals surface area contributed by atoms with E-state index in [4.69, 9.17) is 16.3 Å². The van der Waals surface area contributed by atoms with Crippen LogP contribution in [0.4, 0.5) is 0 Å². The van der Waals surface area contributed by atoms with Crippen LogP contribution in [0.15, 0.2) is 40.3 Å². The van der Waals surface area contributed by atoms with Gasteiger partial charge >= 0.3 is 0 Å². The predicted octanol–water partition coefficient (Wildman–Crippen LogP) is 4.37. The van der Waals surface area contributed by atoms with Crippen LogP contribution in [-0.4, -0.2) is 21.2 Å². The largest absolute Gasteiger partial charge is 0.492 e. The molecule has 0 radical (unpaired) electrons. The van der Waals surface area contributed by atoms with Crippen molar-refractivity contribution in [3.63, 3.8) is 0 Å². The molecule has 0 fully saturated rings. The highest BCUT2D eigenvalue weighted by atomic mass is 35.5. The molecule has 140 valence electrons. The molecular weight excluding hydrogens is 372 g/mol. The van der Waals surface area contributed by atoms with Crippen molar-refractivity contribution in [3.05, 3.63) is 57.6 Å². The number of rotatable bonds is 7. The van der Waals surface area contributed by atoms with E-state index < -0.39 is 10.0 Å². The van der Waals surface area contributed by atoms with Gasteiger partial charge in [-0.15, -0.1) is 0 Å². The maximum atomic E-state index is 12.5. The van der Waals surface area contributed by atoms with Crippen molar-refractivity contribution < 1.29 is 13.2 Å². The second-order valence-electron chi connectivity index (χ2n) is 6.12. The van der Waals surface area contributed by atoms with Gasteiger partial charge in [-0.1, -0.05) is 36.2 Å². The Kier molecular flexibility index (Phi) is 6.67. The van der Waals surface area contributed by atoms with E-state index in [2.05, 4.69) is 9.93 Å². The average molecular weight is 395 g/mol. The molecule has 0 aromatic heterocycles. The summed E-state index contributed by atoms with van der Waals surface area (Å²) in [5, 5.41) is 4.32. The van der Waals surface area contributed by atoms with Crippen LogP contribution >= 0.6 is 11.6 Å². The summed E-state index contributed by atoms with van der Waals surface area (Å²) in [6.45, 7) is 8.07. The summed E-state index contributed by atoms with van der Waals surface area (Å²) in [6, 6.07) is 8.84. The van der Waals surface area contributed by atoms with Crippen LogP contribution in [0.2, 0.25) is 5.02 Å². The monoisotopic (exact) mass is 394 g/mol. The highest BCUT2D eigenvalue weighted by Crippen LogP contribution is 2.25. The Morgan fingerprint density at radius 1 is 1.15 bits per heavy atom. The maximum Gasteiger partial charge on any atom is 0.277 e. The summed E-state index contributed by atoms with van der Waals surface area (Å²) in [6.07, 6.45) is 2.30. The fraction of sp³-hybridized carbons (Fsp3) is 0.316. The van der Waals surface area contributed by atoms with Crippen LogP contribution in [0, 0.1) is 20.8 Å². The molecule has 0 atom stereocenters. The average Bonchev–Trinajstić information content (AvgIpc) is 2.52. The van der Waals surface area contributed by atoms with Gasteiger partial charge < -0.3 is 4.74 Å². The van der Waals surface area contributed by atoms with Gasteiger partial charge in [0.05, 0.1) is 22.7 Å². The van der Waals surface area contributed by atoms with Gasteiger partial charge in [0.1, 0.15) is 5.75 Å². The minimum atomic E-state index is -3.74. The van der Waals surface area contributed by atoms with Crippen molar-refractivity contribution in [2.75, 3.05) is 6.61 Å². The molecule has 0 aliphatic carbocycles. The molecule has 2 rings (SSSR count). The van der Waals surface area contributed by atoms with Crippen molar-refractivity contribution in [2.45, 2.75) is 39.0 Å². The summed E-state index contributed by atoms with van der Waals surface area (Å²) in [4.78, 5) is 2.51. The summed E-state index contributed by atoms with van der Waals surface area (Å²) >= 11 is 6.16. The molecule has 5 nitrogen and oxygen atoms in total. The summed E-state index contributed by atoms with van der Waals surface area (Å²) in [7, 11) is -3.74. The zero-order chi connectivity index (χ0) is 19.3. The molecule has 0 unspecified atom stereocenters. The Morgan fingerprint density at radius 3 is 2.38 bits per heavy atom. The van der Waals surface area contributed by atoms with Gasteiger partial charge in [-0.25, -0.2) is 4.83 Å². The van der Waals surface area contributed by atoms with Gasteiger partial charge in [0, 0.05) is 0 Å². The zero-order valence-electron chi connectivity index (χ0n) is 15.3. The lowest BCUT2D eigenvalue weighted by molar-refractivity contribution is 0.317. The second kappa shape index (κ2) is 8.56. The first kappa shape index (κ1) is 20.3. The fourth-order valence-corrected chi connectivity index (χ4v) is 4.22. The van der Waals surface area contributed by atoms with Gasteiger partial charge in [-0.3, -0.25) is 0 Å². The first-order chi connectivity index (χ1) is 12.2. The lowest BCUT2D eigenvalue weighted by Gasteiger charge is -2.11. The molecule has 0 aliphatic heterocycles. The maximum absolute atomic E-state index is 12.5. The third kappa shape index (κ3) is 4.99. The molecule has 2 aromatic rings. The zero-order valence-corrected chi connectivity index (χ0v) is 16.9. The van der Waals surface area contributed by atoms with E-state index in [0.29, 0.717) is 34.1 Å². The number of hydrazone groups is 1. The number of nitrogens with zero attached hydrogens (tertiary/aromatic N) is 1. The number of halogens is 1. The lowest BCUT2D eigenvalue weighted by atomic mass is 10.1. The number of sulfonamides is 1. The number of ether oxygens (including phenoxy) is 1. The Bertz CT molecular complexity index is 901. The van der Waals surface area contributed by atoms with Crippen molar-refractivity contribution in [3.8, 4) is 5.75 Å². The second-order valence-corrected chi connectivity index (χ2v) is 8.12. The third-order valence-corrected chi connectivity index (χ3v) is 5.50. The van der Waals surface area contributed by atoms with E-state index in [1.165, 1.54) is 6.21 Å². The van der Waals surface area contributed by atoms with Gasteiger partial charge in [0.2, 0.25) is 0 Å². The molecule has 0 saturated heterocycles. The van der Waals surface area contributed by atoms with Gasteiger partial charge in [-0.2, -0.15) is 13.5 Å². The molecule has 26 heavy (non-hydrogen) atoms. The first-order valence-corrected chi connectivity index (χ1v) is 10.2. The lowest BCUT2D eigenvalue weighted by Crippen LogP contribution is -2.20. The van der Waals surface area contributed by atoms with E-state index in [0.717, 1.165) is 12.0 Å². The molecule has 0 saturated carbocycles. The standard InChI is InChI=1S/C19H23ClN2O3S/c1-5-8-25-18-7-6-16(11-17(18)20)12-21-22-26(23,24)19-14(3)9-13(2)10-15(19)4/h6-7,9-12,22H,5,8H2,1-4H3/b21-12+. The number of nitrogens with one attached hydrogen (secondary N) is 1. The third-order valence-electron chi connectivity index (χ3n) is 3.68. The van der Waals surface area contributed by atoms with Crippen LogP contribution in [-0.2, 0) is 10.0 Å². The van der Waals surface area contributed by atoms with Crippen molar-refractivity contribution in [1.29, 1.82) is 0 Å². The van der Waals surface area contributed by atoms with Crippen LogP contribution in [0.1, 0.15) is 35.6 Å². The van der Waals surface area contributed by atoms with Gasteiger partial charge in [-0.05, 0) is 62.1 Å². The van der Waals surface area contributed by atoms with Crippen LogP contribution < -0.4 is 9.57 Å². The number of hydrogen-bond acceptors (Lipinski definition) is 4. The van der Waals surface area contributed by atoms with E-state index in [1.807, 2.05) is 26.0 Å². The molecule has 1 N–H and O–H groups in total. The van der Waals surface area contributed by atoms with E-state index in [-0.39, 0.29) is 4.90 Å². The molecule has 0 aliphatic rings. The minimum Gasteiger partial charge on any atom is -0.492 e. The summed E-state index contributed by atoms with van der Waals surface area (Å²) < 4.78 is 30.6. The normalized spacial score (nSPS) is 11.7. The highest BCUT2D eigenvalue weighted by Gasteiger charge is 2.19. The van der Waals surface area contributed by atoms with Crippen molar-refractivity contribution >= 4 is 27.8 Å². The van der Waals surface area contributed by atoms with Gasteiger partial charge in [0.25, 0.3) is 10.0 Å². The van der Waals surface area contributed by atoms with Crippen LogP contribution in [0.5, 0.6) is 5.75 Å². The minimum absolute atomic E-state index is 0.251. The summed E-state index contributed by atoms with van der Waals surface area (Å²) in [5.41, 5.74) is 3.05. The summed E-state index contributed by atoms with van der Waals surface area (Å²) in [5.74, 6) is 0.595. The topological polar surface area (TPSA) is 67.8 Å². The Morgan fingerprint density at radius 2 is 1.81 bits per heavy atom. The smallest absolute Gasteiger partial charge is 0.277 e. The number of benzene rings is 2. The number of hydrogen-bond donors (Lipinski definition) is 1. The van der Waals surface area contributed by atoms with Crippen molar-refractivity contribution in [1.82, 2.24) is 4.83 Å². The van der Waals surface area contributed by atoms with Crippen LogP contribution in [0.25, 0.3) is 0 Å². The Balaban J connectivity index is 2.16. The Labute approximate surface area is 160 Å². The molecule has 0 spiro atoms. The van der Waals surface area contributed by atoms with E-state index >= 15 is 0 Å². The molecule has 0 amide bonds. The fourth-order valence-electron chi connectivity index (χ4n) is 2.73. The SMILES string of the molecule is CCCOc1ccc(/C=N/NS(=O)(=O)c2c(C)cc(C)cc2C)cc1Cl. The van der Waals surface area contributed by atoms with E-state index in [1.54, 1.807) is 32.0 Å². The first-order valence-electron chi connectivity index (χ1n) is 8.29. The van der Waals surface area contributed by atoms with E-state index in [9.17, 15) is 8.42 Å². The van der Waals surface area contributed by atoms with Crippen LogP contribution in [0.3, 0.4) is 0 Å². The number of aryl methyl sites for hydroxylation is 3. The predicted molar refractivity (Wildman–Crippen MR) is 106 cm³/mol. The molecule has 2 aromatic carbocycles. The molecular formula is C19H23ClN2O3S. The van der Waals surface area contributed by atoms with Crippen molar-refractivity contribution in [2.24, 2.45) is 5.10 Å².